The van der Waals surface area contributed by atoms with Gasteiger partial charge in [-0.15, -0.1) is 11.3 Å². The highest BCUT2D eigenvalue weighted by molar-refractivity contribution is 7.07. The summed E-state index contributed by atoms with van der Waals surface area (Å²) in [5.74, 6) is -0.307. The number of hydrogen-bond donors (Lipinski definition) is 0. The molecule has 1 spiro atoms. The van der Waals surface area contributed by atoms with Crippen molar-refractivity contribution in [1.82, 2.24) is 14.8 Å². The zero-order valence-electron chi connectivity index (χ0n) is 13.7. The number of halogens is 1. The van der Waals surface area contributed by atoms with Crippen LogP contribution in [0.2, 0.25) is 0 Å². The van der Waals surface area contributed by atoms with E-state index in [1.165, 1.54) is 11.3 Å². The van der Waals surface area contributed by atoms with Crippen LogP contribution in [0.15, 0.2) is 10.9 Å². The van der Waals surface area contributed by atoms with Crippen LogP contribution in [0.25, 0.3) is 0 Å². The zero-order valence-corrected chi connectivity index (χ0v) is 14.5. The maximum atomic E-state index is 14.0. The highest BCUT2D eigenvalue weighted by Crippen LogP contribution is 2.44. The fraction of sp³-hybridized carbons (Fsp3) is 0.706. The Bertz CT molecular complexity index is 636. The average molecular weight is 351 g/mol. The zero-order chi connectivity index (χ0) is 16.8. The first-order chi connectivity index (χ1) is 11.5. The molecule has 0 atom stereocenters. The summed E-state index contributed by atoms with van der Waals surface area (Å²) in [7, 11) is 0. The molecule has 0 aromatic carbocycles. The molecule has 0 unspecified atom stereocenters. The summed E-state index contributed by atoms with van der Waals surface area (Å²) in [6.45, 7) is 2.73. The van der Waals surface area contributed by atoms with Crippen LogP contribution < -0.4 is 0 Å². The van der Waals surface area contributed by atoms with E-state index in [4.69, 9.17) is 0 Å². The monoisotopic (exact) mass is 351 g/mol. The number of piperidine rings is 2. The first kappa shape index (κ1) is 16.0. The van der Waals surface area contributed by atoms with Gasteiger partial charge >= 0.3 is 0 Å². The van der Waals surface area contributed by atoms with Crippen LogP contribution in [-0.4, -0.2) is 58.4 Å². The fourth-order valence-corrected chi connectivity index (χ4v) is 4.59. The number of carbonyl (C=O) groups is 2. The van der Waals surface area contributed by atoms with Gasteiger partial charge in [-0.05, 0) is 43.9 Å². The molecular formula is C17H22FN3O2S. The fourth-order valence-electron chi connectivity index (χ4n) is 4.06. The van der Waals surface area contributed by atoms with Gasteiger partial charge in [0.15, 0.2) is 5.67 Å². The summed E-state index contributed by atoms with van der Waals surface area (Å²) in [6.07, 6.45) is 4.53. The van der Waals surface area contributed by atoms with Gasteiger partial charge in [0.05, 0.1) is 5.51 Å². The first-order valence-corrected chi connectivity index (χ1v) is 9.62. The van der Waals surface area contributed by atoms with Crippen molar-refractivity contribution >= 4 is 23.2 Å². The van der Waals surface area contributed by atoms with E-state index in [1.54, 1.807) is 15.8 Å². The molecule has 0 N–H and O–H groups in total. The van der Waals surface area contributed by atoms with Crippen molar-refractivity contribution < 1.29 is 14.0 Å². The van der Waals surface area contributed by atoms with Crippen LogP contribution in [-0.2, 0) is 4.79 Å². The van der Waals surface area contributed by atoms with Gasteiger partial charge in [0, 0.05) is 31.6 Å². The van der Waals surface area contributed by atoms with Crippen LogP contribution in [0.3, 0.4) is 0 Å². The van der Waals surface area contributed by atoms with Gasteiger partial charge in [0.1, 0.15) is 5.69 Å². The number of hydrogen-bond acceptors (Lipinski definition) is 4. The molecule has 5 nitrogen and oxygen atoms in total. The lowest BCUT2D eigenvalue weighted by Gasteiger charge is -2.47. The molecule has 0 radical (unpaired) electrons. The summed E-state index contributed by atoms with van der Waals surface area (Å²) in [5.41, 5.74) is 0.719. The van der Waals surface area contributed by atoms with Crippen LogP contribution in [0, 0.1) is 5.41 Å². The Morgan fingerprint density at radius 1 is 1.08 bits per heavy atom. The second kappa shape index (κ2) is 5.79. The third kappa shape index (κ3) is 2.83. The standard InChI is InChI=1S/C17H22FN3O2S/c18-17(3-4-17)15(23)20-8-5-16(6-9-20)2-1-7-21(11-16)14(22)13-10-24-12-19-13/h10,12H,1-9,11H2. The van der Waals surface area contributed by atoms with Crippen molar-refractivity contribution in [3.8, 4) is 0 Å². The Labute approximate surface area is 144 Å². The number of nitrogens with zero attached hydrogens (tertiary/aromatic N) is 3. The average Bonchev–Trinajstić information content (AvgIpc) is 3.13. The molecule has 1 saturated carbocycles. The smallest absolute Gasteiger partial charge is 0.273 e. The van der Waals surface area contributed by atoms with E-state index < -0.39 is 5.67 Å². The maximum Gasteiger partial charge on any atom is 0.273 e. The quantitative estimate of drug-likeness (QED) is 0.823. The molecule has 4 rings (SSSR count). The van der Waals surface area contributed by atoms with Gasteiger partial charge < -0.3 is 9.80 Å². The third-order valence-electron chi connectivity index (χ3n) is 5.78. The number of rotatable bonds is 2. The Morgan fingerprint density at radius 2 is 1.83 bits per heavy atom. The number of aromatic nitrogens is 1. The molecule has 24 heavy (non-hydrogen) atoms. The molecule has 3 fully saturated rings. The lowest BCUT2D eigenvalue weighted by atomic mass is 9.72. The van der Waals surface area contributed by atoms with Crippen LogP contribution >= 0.6 is 11.3 Å². The topological polar surface area (TPSA) is 53.5 Å². The minimum Gasteiger partial charge on any atom is -0.340 e. The molecule has 1 aromatic rings. The second-order valence-electron chi connectivity index (χ2n) is 7.46. The molecule has 1 aromatic heterocycles. The van der Waals surface area contributed by atoms with Crippen molar-refractivity contribution in [1.29, 1.82) is 0 Å². The summed E-state index contributed by atoms with van der Waals surface area (Å²) >= 11 is 1.43. The largest absolute Gasteiger partial charge is 0.340 e. The van der Waals surface area contributed by atoms with Gasteiger partial charge in [-0.1, -0.05) is 0 Å². The molecule has 2 saturated heterocycles. The van der Waals surface area contributed by atoms with E-state index in [0.29, 0.717) is 31.6 Å². The molecule has 130 valence electrons. The van der Waals surface area contributed by atoms with E-state index in [2.05, 4.69) is 4.98 Å². The van der Waals surface area contributed by atoms with Gasteiger partial charge in [-0.2, -0.15) is 0 Å². The van der Waals surface area contributed by atoms with E-state index in [1.807, 2.05) is 4.90 Å². The first-order valence-electron chi connectivity index (χ1n) is 8.67. The van der Waals surface area contributed by atoms with Gasteiger partial charge in [-0.25, -0.2) is 9.37 Å². The molecule has 2 amide bonds. The third-order valence-corrected chi connectivity index (χ3v) is 6.37. The Balaban J connectivity index is 1.39. The van der Waals surface area contributed by atoms with Crippen LogP contribution in [0.4, 0.5) is 4.39 Å². The van der Waals surface area contributed by atoms with Crippen molar-refractivity contribution in [2.24, 2.45) is 5.41 Å². The lowest BCUT2D eigenvalue weighted by Crippen LogP contribution is -2.53. The maximum absolute atomic E-state index is 14.0. The number of alkyl halides is 1. The Kier molecular flexibility index (Phi) is 3.86. The molecular weight excluding hydrogens is 329 g/mol. The molecule has 2 aliphatic heterocycles. The van der Waals surface area contributed by atoms with E-state index in [9.17, 15) is 14.0 Å². The van der Waals surface area contributed by atoms with E-state index in [-0.39, 0.29) is 17.2 Å². The highest BCUT2D eigenvalue weighted by Gasteiger charge is 2.54. The predicted octanol–water partition coefficient (Wildman–Crippen LogP) is 2.49. The number of amides is 2. The molecule has 3 aliphatic rings. The van der Waals surface area contributed by atoms with Gasteiger partial charge in [-0.3, -0.25) is 9.59 Å². The van der Waals surface area contributed by atoms with Crippen molar-refractivity contribution in [2.75, 3.05) is 26.2 Å². The minimum atomic E-state index is -1.57. The summed E-state index contributed by atoms with van der Waals surface area (Å²) in [5, 5.41) is 1.79. The highest BCUT2D eigenvalue weighted by atomic mass is 32.1. The summed E-state index contributed by atoms with van der Waals surface area (Å²) in [6, 6.07) is 0. The number of likely N-dealkylation sites (tertiary alicyclic amines) is 2. The normalized spacial score (nSPS) is 24.9. The summed E-state index contributed by atoms with van der Waals surface area (Å²) in [4.78, 5) is 32.4. The van der Waals surface area contributed by atoms with Gasteiger partial charge in [0.2, 0.25) is 0 Å². The molecule has 7 heteroatoms. The Morgan fingerprint density at radius 3 is 2.46 bits per heavy atom. The van der Waals surface area contributed by atoms with Crippen LogP contribution in [0.1, 0.15) is 49.0 Å². The minimum absolute atomic E-state index is 0.00882. The number of carbonyl (C=O) groups excluding carboxylic acids is 2. The SMILES string of the molecule is O=C(c1cscn1)N1CCCC2(CCN(C(=O)C3(F)CC3)CC2)C1. The molecule has 3 heterocycles. The lowest BCUT2D eigenvalue weighted by molar-refractivity contribution is -0.141. The van der Waals surface area contributed by atoms with E-state index in [0.717, 1.165) is 38.8 Å². The Hall–Kier alpha value is -1.50. The van der Waals surface area contributed by atoms with Crippen molar-refractivity contribution in [3.63, 3.8) is 0 Å². The van der Waals surface area contributed by atoms with Crippen LogP contribution in [0.5, 0.6) is 0 Å². The van der Waals surface area contributed by atoms with Gasteiger partial charge in [0.25, 0.3) is 11.8 Å². The van der Waals surface area contributed by atoms with E-state index >= 15 is 0 Å². The van der Waals surface area contributed by atoms with Crippen molar-refractivity contribution in [3.05, 3.63) is 16.6 Å². The second-order valence-corrected chi connectivity index (χ2v) is 8.18. The molecule has 1 aliphatic carbocycles. The predicted molar refractivity (Wildman–Crippen MR) is 88.6 cm³/mol. The molecule has 0 bridgehead atoms. The summed E-state index contributed by atoms with van der Waals surface area (Å²) < 4.78 is 14.0. The van der Waals surface area contributed by atoms with Crippen molar-refractivity contribution in [2.45, 2.75) is 44.2 Å². The number of thiazole rings is 1.